The maximum absolute atomic E-state index is 11.0. The van der Waals surface area contributed by atoms with Crippen molar-refractivity contribution < 1.29 is 29.2 Å². The predicted octanol–water partition coefficient (Wildman–Crippen LogP) is 10.6. The molecule has 0 saturated carbocycles. The van der Waals surface area contributed by atoms with Gasteiger partial charge in [0.2, 0.25) is 0 Å². The van der Waals surface area contributed by atoms with Crippen molar-refractivity contribution in [1.29, 1.82) is 0 Å². The topological polar surface area (TPSA) is 107 Å². The molecule has 0 amide bonds. The Kier molecular flexibility index (Phi) is 15.2. The average molecular weight is 976 g/mol. The van der Waals surface area contributed by atoms with E-state index in [9.17, 15) is 10.2 Å². The number of aliphatic hydroxyl groups excluding tert-OH is 2. The van der Waals surface area contributed by atoms with Crippen molar-refractivity contribution in [2.75, 3.05) is 53.1 Å². The molecule has 3 unspecified atom stereocenters. The summed E-state index contributed by atoms with van der Waals surface area (Å²) in [6.45, 7) is 6.86. The minimum atomic E-state index is -0.635. The number of β-amino-alcohol motifs (C(OH)–C–C–N with tert-alkyl or cyclic N) is 2. The molecular weight excluding hydrogens is 911 g/mol. The summed E-state index contributed by atoms with van der Waals surface area (Å²) in [5.74, 6) is 3.25. The van der Waals surface area contributed by atoms with Gasteiger partial charge in [-0.3, -0.25) is 9.80 Å². The van der Waals surface area contributed by atoms with Crippen molar-refractivity contribution in [3.8, 4) is 45.3 Å². The summed E-state index contributed by atoms with van der Waals surface area (Å²) in [5, 5.41) is 22.9. The highest BCUT2D eigenvalue weighted by Gasteiger charge is 2.29. The van der Waals surface area contributed by atoms with Crippen LogP contribution in [0.1, 0.15) is 33.9 Å². The monoisotopic (exact) mass is 975 g/mol. The Labute approximate surface area is 428 Å². The van der Waals surface area contributed by atoms with E-state index in [2.05, 4.69) is 118 Å². The Morgan fingerprint density at radius 2 is 1.23 bits per heavy atom. The van der Waals surface area contributed by atoms with Crippen LogP contribution < -0.4 is 18.9 Å². The molecule has 0 saturated heterocycles. The first kappa shape index (κ1) is 49.2. The van der Waals surface area contributed by atoms with Gasteiger partial charge < -0.3 is 38.3 Å². The number of rotatable bonds is 16. The molecule has 0 fully saturated rings. The molecule has 3 atom stereocenters. The van der Waals surface area contributed by atoms with Gasteiger partial charge in [0, 0.05) is 63.9 Å². The Bertz CT molecular complexity index is 3290. The first-order valence-corrected chi connectivity index (χ1v) is 25.3. The molecule has 0 radical (unpaired) electrons. The van der Waals surface area contributed by atoms with E-state index in [1.54, 1.807) is 7.11 Å². The number of aliphatic hydroxyl groups is 2. The predicted molar refractivity (Wildman–Crippen MR) is 291 cm³/mol. The van der Waals surface area contributed by atoms with Crippen molar-refractivity contribution in [1.82, 2.24) is 23.9 Å². The van der Waals surface area contributed by atoms with Gasteiger partial charge in [0.15, 0.2) is 0 Å². The van der Waals surface area contributed by atoms with Crippen LogP contribution in [0.5, 0.6) is 23.0 Å². The van der Waals surface area contributed by atoms with Crippen LogP contribution in [-0.4, -0.2) is 99.4 Å². The van der Waals surface area contributed by atoms with Crippen LogP contribution in [-0.2, 0) is 33.5 Å². The van der Waals surface area contributed by atoms with E-state index in [4.69, 9.17) is 18.9 Å². The van der Waals surface area contributed by atoms with E-state index in [0.717, 1.165) is 88.8 Å². The molecule has 0 spiro atoms. The Morgan fingerprint density at radius 1 is 0.575 bits per heavy atom. The fourth-order valence-electron chi connectivity index (χ4n) is 10.3. The van der Waals surface area contributed by atoms with Gasteiger partial charge in [0.25, 0.3) is 0 Å². The van der Waals surface area contributed by atoms with Crippen LogP contribution in [0.4, 0.5) is 0 Å². The smallest absolute Gasteiger partial charge is 0.120 e. The van der Waals surface area contributed by atoms with Crippen LogP contribution in [0.15, 0.2) is 170 Å². The first-order valence-electron chi connectivity index (χ1n) is 25.3. The number of aryl methyl sites for hydroxylation is 3. The highest BCUT2D eigenvalue weighted by atomic mass is 16.5. The van der Waals surface area contributed by atoms with E-state index in [1.165, 1.54) is 38.7 Å². The second kappa shape index (κ2) is 22.6. The summed E-state index contributed by atoms with van der Waals surface area (Å²) in [6.07, 6.45) is 4.73. The maximum atomic E-state index is 11.0. The van der Waals surface area contributed by atoms with Crippen LogP contribution in [0, 0.1) is 6.92 Å². The Morgan fingerprint density at radius 3 is 1.99 bits per heavy atom. The third-order valence-corrected chi connectivity index (χ3v) is 14.2. The molecule has 0 bridgehead atoms. The first-order chi connectivity index (χ1) is 35.6. The fourth-order valence-corrected chi connectivity index (χ4v) is 10.3. The molecule has 4 heterocycles. The summed E-state index contributed by atoms with van der Waals surface area (Å²) in [6, 6.07) is 53.7. The molecule has 2 aromatic heterocycles. The van der Waals surface area contributed by atoms with Crippen molar-refractivity contribution in [3.05, 3.63) is 198 Å². The van der Waals surface area contributed by atoms with Gasteiger partial charge in [0.05, 0.1) is 30.5 Å². The lowest BCUT2D eigenvalue weighted by Crippen LogP contribution is -2.44. The SMILES string of the molecule is COc1ccc2c(c1)CN(CC(O)COc1cccc(-c3ccc4c(C)cn(C)c4c3)c1)CC2.Cn1cnc2ccc(-c3cccc(OCC(O)CN4CCc5ccccc5C4COc4ccccc4)c3)cc21. The lowest BCUT2D eigenvalue weighted by atomic mass is 9.92. The van der Waals surface area contributed by atoms with E-state index in [1.807, 2.05) is 96.8 Å². The number of nitrogens with zero attached hydrogens (tertiary/aromatic N) is 5. The average Bonchev–Trinajstić information content (AvgIpc) is 3.95. The Hall–Kier alpha value is -7.41. The van der Waals surface area contributed by atoms with Crippen LogP contribution in [0.25, 0.3) is 44.2 Å². The van der Waals surface area contributed by atoms with E-state index < -0.39 is 12.2 Å². The number of para-hydroxylation sites is 1. The third kappa shape index (κ3) is 11.8. The maximum Gasteiger partial charge on any atom is 0.120 e. The molecule has 73 heavy (non-hydrogen) atoms. The van der Waals surface area contributed by atoms with E-state index >= 15 is 0 Å². The number of hydrogen-bond donors (Lipinski definition) is 2. The molecule has 374 valence electrons. The minimum Gasteiger partial charge on any atom is -0.497 e. The normalized spacial score (nSPS) is 15.5. The minimum absolute atomic E-state index is 0.0649. The lowest BCUT2D eigenvalue weighted by molar-refractivity contribution is 0.0366. The van der Waals surface area contributed by atoms with Crippen LogP contribution >= 0.6 is 0 Å². The molecule has 11 nitrogen and oxygen atoms in total. The van der Waals surface area contributed by atoms with E-state index in [0.29, 0.717) is 19.7 Å². The number of hydrogen-bond acceptors (Lipinski definition) is 9. The molecule has 9 aromatic rings. The summed E-state index contributed by atoms with van der Waals surface area (Å²) in [4.78, 5) is 9.01. The summed E-state index contributed by atoms with van der Waals surface area (Å²) in [5.41, 5.74) is 14.3. The molecular formula is C62H65N5O6. The second-order valence-electron chi connectivity index (χ2n) is 19.4. The molecule has 2 aliphatic heterocycles. The number of ether oxygens (including phenoxy) is 4. The molecule has 0 aliphatic carbocycles. The zero-order valence-corrected chi connectivity index (χ0v) is 42.2. The zero-order valence-electron chi connectivity index (χ0n) is 42.2. The van der Waals surface area contributed by atoms with Gasteiger partial charge >= 0.3 is 0 Å². The molecule has 7 aromatic carbocycles. The molecule has 11 rings (SSSR count). The highest BCUT2D eigenvalue weighted by Crippen LogP contribution is 2.33. The fraction of sp³-hybridized carbons (Fsp3) is 0.274. The van der Waals surface area contributed by atoms with Gasteiger partial charge in [-0.1, -0.05) is 91.0 Å². The van der Waals surface area contributed by atoms with Gasteiger partial charge in [-0.05, 0) is 137 Å². The van der Waals surface area contributed by atoms with Gasteiger partial charge in [-0.2, -0.15) is 0 Å². The van der Waals surface area contributed by atoms with Crippen molar-refractivity contribution in [2.45, 2.75) is 44.6 Å². The standard InChI is InChI=1S/C33H33N3O3.C29H32N2O3/c1-35-23-34-31-15-14-26(19-32(31)35)25-9-7-12-29(18-25)38-21-27(37)20-36-17-16-24-8-5-6-13-30(24)33(36)22-39-28-10-3-2-4-11-28;1-20-16-30(2)29-15-23(8-10-28(20)29)22-5-4-6-27(13-22)34-19-25(32)18-31-12-11-21-7-9-26(33-3)14-24(21)17-31/h2-15,18-19,23,27,33,37H,16-17,20-22H2,1H3;4-10,13-16,25,32H,11-12,17-19H2,1-3H3. The third-order valence-electron chi connectivity index (χ3n) is 14.2. The van der Waals surface area contributed by atoms with Crippen LogP contribution in [0.2, 0.25) is 0 Å². The quantitative estimate of drug-likeness (QED) is 0.0979. The second-order valence-corrected chi connectivity index (χ2v) is 19.4. The van der Waals surface area contributed by atoms with E-state index in [-0.39, 0.29) is 19.3 Å². The largest absolute Gasteiger partial charge is 0.497 e. The number of benzene rings is 7. The van der Waals surface area contributed by atoms with Crippen molar-refractivity contribution >= 4 is 21.9 Å². The van der Waals surface area contributed by atoms with Gasteiger partial charge in [-0.25, -0.2) is 4.98 Å². The molecule has 2 N–H and O–H groups in total. The molecule has 11 heteroatoms. The summed E-state index contributed by atoms with van der Waals surface area (Å²) >= 11 is 0. The summed E-state index contributed by atoms with van der Waals surface area (Å²) < 4.78 is 27.8. The van der Waals surface area contributed by atoms with Gasteiger partial charge in [0.1, 0.15) is 55.0 Å². The number of imidazole rings is 1. The van der Waals surface area contributed by atoms with Gasteiger partial charge in [-0.15, -0.1) is 0 Å². The molecule has 2 aliphatic rings. The van der Waals surface area contributed by atoms with Crippen molar-refractivity contribution in [2.24, 2.45) is 14.1 Å². The van der Waals surface area contributed by atoms with Crippen LogP contribution in [0.3, 0.4) is 0 Å². The number of methoxy groups -OCH3 is 1. The highest BCUT2D eigenvalue weighted by molar-refractivity contribution is 5.88. The number of aromatic nitrogens is 3. The zero-order chi connectivity index (χ0) is 50.3. The lowest BCUT2D eigenvalue weighted by Gasteiger charge is -2.38. The summed E-state index contributed by atoms with van der Waals surface area (Å²) in [7, 11) is 5.77. The van der Waals surface area contributed by atoms with Crippen molar-refractivity contribution in [3.63, 3.8) is 0 Å². The number of fused-ring (bicyclic) bond motifs is 4. The Balaban J connectivity index is 0.000000169.